The van der Waals surface area contributed by atoms with Gasteiger partial charge >= 0.3 is 5.97 Å². The van der Waals surface area contributed by atoms with Crippen LogP contribution in [0.5, 0.6) is 5.75 Å². The smallest absolute Gasteiger partial charge is 0.344 e. The molecule has 9 heteroatoms. The van der Waals surface area contributed by atoms with Gasteiger partial charge in [-0.05, 0) is 31.2 Å². The normalized spacial score (nSPS) is 11.3. The molecule has 2 rings (SSSR count). The Morgan fingerprint density at radius 1 is 1.23 bits per heavy atom. The first kappa shape index (κ1) is 19.2. The summed E-state index contributed by atoms with van der Waals surface area (Å²) in [5.41, 5.74) is -0.246. The molecule has 0 fully saturated rings. The fraction of sp³-hybridized carbons (Fsp3) is 0.176. The van der Waals surface area contributed by atoms with Crippen molar-refractivity contribution in [2.75, 3.05) is 11.9 Å². The van der Waals surface area contributed by atoms with E-state index in [0.29, 0.717) is 10.8 Å². The van der Waals surface area contributed by atoms with E-state index in [9.17, 15) is 19.7 Å². The lowest BCUT2D eigenvalue weighted by atomic mass is 10.2. The van der Waals surface area contributed by atoms with Gasteiger partial charge in [0.15, 0.2) is 12.7 Å². The van der Waals surface area contributed by atoms with Crippen LogP contribution in [0.1, 0.15) is 6.92 Å². The minimum atomic E-state index is -1.16. The number of amides is 1. The van der Waals surface area contributed by atoms with Crippen LogP contribution < -0.4 is 10.1 Å². The lowest BCUT2D eigenvalue weighted by Crippen LogP contribution is -2.31. The van der Waals surface area contributed by atoms with Gasteiger partial charge in [-0.15, -0.1) is 0 Å². The topological polar surface area (TPSA) is 108 Å². The largest absolute Gasteiger partial charge is 0.482 e. The van der Waals surface area contributed by atoms with Crippen LogP contribution in [-0.4, -0.2) is 29.5 Å². The average Bonchev–Trinajstić information content (AvgIpc) is 2.60. The molecule has 1 N–H and O–H groups in total. The molecule has 1 atom stereocenters. The summed E-state index contributed by atoms with van der Waals surface area (Å²) < 4.78 is 10.2. The van der Waals surface area contributed by atoms with Gasteiger partial charge in [0.2, 0.25) is 0 Å². The number of anilines is 1. The summed E-state index contributed by atoms with van der Waals surface area (Å²) in [6, 6.07) is 12.1. The summed E-state index contributed by atoms with van der Waals surface area (Å²) >= 11 is 5.80. The first-order chi connectivity index (χ1) is 12.4. The van der Waals surface area contributed by atoms with E-state index in [1.54, 1.807) is 18.2 Å². The number of rotatable bonds is 7. The number of ether oxygens (including phenoxy) is 2. The van der Waals surface area contributed by atoms with Crippen LogP contribution in [0.2, 0.25) is 5.02 Å². The lowest BCUT2D eigenvalue weighted by molar-refractivity contribution is -0.383. The molecule has 2 aromatic rings. The average molecular weight is 379 g/mol. The Labute approximate surface area is 153 Å². The van der Waals surface area contributed by atoms with E-state index in [2.05, 4.69) is 5.32 Å². The molecule has 0 radical (unpaired) electrons. The number of hydrogen-bond donors (Lipinski definition) is 1. The maximum Gasteiger partial charge on any atom is 0.344 e. The van der Waals surface area contributed by atoms with Crippen molar-refractivity contribution in [1.82, 2.24) is 0 Å². The highest BCUT2D eigenvalue weighted by molar-refractivity contribution is 6.30. The Hall–Kier alpha value is -3.13. The van der Waals surface area contributed by atoms with Crippen LogP contribution in [0.15, 0.2) is 48.5 Å². The van der Waals surface area contributed by atoms with Crippen molar-refractivity contribution in [3.63, 3.8) is 0 Å². The monoisotopic (exact) mass is 378 g/mol. The van der Waals surface area contributed by atoms with Crippen molar-refractivity contribution in [2.24, 2.45) is 0 Å². The Bertz CT molecular complexity index is 826. The molecule has 1 amide bonds. The quantitative estimate of drug-likeness (QED) is 0.450. The second kappa shape index (κ2) is 8.82. The molecule has 1 unspecified atom stereocenters. The maximum absolute atomic E-state index is 12.1. The number of carbonyl (C=O) groups excluding carboxylic acids is 2. The summed E-state index contributed by atoms with van der Waals surface area (Å²) in [7, 11) is 0. The summed E-state index contributed by atoms with van der Waals surface area (Å²) in [5, 5.41) is 13.8. The highest BCUT2D eigenvalue weighted by atomic mass is 35.5. The fourth-order valence-corrected chi connectivity index (χ4v) is 2.14. The number of nitrogens with zero attached hydrogens (tertiary/aromatic N) is 1. The first-order valence-electron chi connectivity index (χ1n) is 7.49. The third-order valence-corrected chi connectivity index (χ3v) is 3.42. The predicted octanol–water partition coefficient (Wildman–Crippen LogP) is 3.20. The van der Waals surface area contributed by atoms with Crippen molar-refractivity contribution in [3.8, 4) is 5.75 Å². The number of hydrogen-bond acceptors (Lipinski definition) is 6. The third kappa shape index (κ3) is 5.45. The highest BCUT2D eigenvalue weighted by Gasteiger charge is 2.21. The second-order valence-electron chi connectivity index (χ2n) is 5.14. The molecule has 2 aromatic carbocycles. The number of benzene rings is 2. The summed E-state index contributed by atoms with van der Waals surface area (Å²) in [6.07, 6.45) is -1.16. The van der Waals surface area contributed by atoms with Gasteiger partial charge in [-0.2, -0.15) is 0 Å². The van der Waals surface area contributed by atoms with Crippen molar-refractivity contribution in [3.05, 3.63) is 63.7 Å². The zero-order chi connectivity index (χ0) is 19.1. The minimum Gasteiger partial charge on any atom is -0.482 e. The minimum absolute atomic E-state index is 0.0144. The van der Waals surface area contributed by atoms with E-state index in [1.807, 2.05) is 0 Å². The van der Waals surface area contributed by atoms with Gasteiger partial charge in [0, 0.05) is 11.1 Å². The van der Waals surface area contributed by atoms with E-state index >= 15 is 0 Å². The van der Waals surface area contributed by atoms with Gasteiger partial charge in [0.05, 0.1) is 4.92 Å². The van der Waals surface area contributed by atoms with Crippen molar-refractivity contribution in [2.45, 2.75) is 13.0 Å². The Kier molecular flexibility index (Phi) is 6.51. The number of carbonyl (C=O) groups is 2. The fourth-order valence-electron chi connectivity index (χ4n) is 1.96. The van der Waals surface area contributed by atoms with E-state index in [4.69, 9.17) is 21.1 Å². The number of nitrogens with one attached hydrogen (secondary N) is 1. The van der Waals surface area contributed by atoms with Gasteiger partial charge in [-0.1, -0.05) is 29.8 Å². The molecule has 0 aliphatic rings. The Morgan fingerprint density at radius 2 is 1.96 bits per heavy atom. The number of nitro groups is 1. The van der Waals surface area contributed by atoms with Crippen LogP contribution >= 0.6 is 11.6 Å². The summed E-state index contributed by atoms with van der Waals surface area (Å²) in [6.45, 7) is 0.935. The van der Waals surface area contributed by atoms with Crippen LogP contribution in [0.25, 0.3) is 0 Å². The van der Waals surface area contributed by atoms with Crippen molar-refractivity contribution in [1.29, 1.82) is 0 Å². The maximum atomic E-state index is 12.1. The van der Waals surface area contributed by atoms with Gasteiger partial charge in [0.1, 0.15) is 11.4 Å². The van der Waals surface area contributed by atoms with Crippen LogP contribution in [0.4, 0.5) is 11.4 Å². The molecule has 0 saturated carbocycles. The Balaban J connectivity index is 1.88. The number of esters is 1. The molecule has 0 heterocycles. The molecule has 0 aliphatic heterocycles. The molecular weight excluding hydrogens is 364 g/mol. The standard InChI is InChI=1S/C17H15ClN2O6/c1-11(17(22)19-14-7-2-3-8-15(14)20(23)24)26-16(21)10-25-13-6-4-5-12(18)9-13/h2-9,11H,10H2,1H3,(H,19,22). The molecule has 0 saturated heterocycles. The number of nitro benzene ring substituents is 1. The van der Waals surface area contributed by atoms with Crippen LogP contribution in [0, 0.1) is 10.1 Å². The SMILES string of the molecule is CC(OC(=O)COc1cccc(Cl)c1)C(=O)Nc1ccccc1[N+](=O)[O-]. The van der Waals surface area contributed by atoms with Gasteiger partial charge in [-0.25, -0.2) is 4.79 Å². The van der Waals surface area contributed by atoms with Crippen molar-refractivity contribution < 1.29 is 24.0 Å². The van der Waals surface area contributed by atoms with E-state index in [1.165, 1.54) is 37.3 Å². The van der Waals surface area contributed by atoms with Crippen LogP contribution in [-0.2, 0) is 14.3 Å². The second-order valence-corrected chi connectivity index (χ2v) is 5.58. The number of halogens is 1. The molecule has 0 aromatic heterocycles. The molecular formula is C17H15ClN2O6. The van der Waals surface area contributed by atoms with Gasteiger partial charge in [-0.3, -0.25) is 14.9 Å². The van der Waals surface area contributed by atoms with Crippen molar-refractivity contribution >= 4 is 34.9 Å². The van der Waals surface area contributed by atoms with E-state index < -0.39 is 29.5 Å². The predicted molar refractivity (Wildman–Crippen MR) is 94.2 cm³/mol. The molecule has 26 heavy (non-hydrogen) atoms. The highest BCUT2D eigenvalue weighted by Crippen LogP contribution is 2.23. The summed E-state index contributed by atoms with van der Waals surface area (Å²) in [5.74, 6) is -1.09. The van der Waals surface area contributed by atoms with E-state index in [0.717, 1.165) is 0 Å². The molecule has 8 nitrogen and oxygen atoms in total. The van der Waals surface area contributed by atoms with E-state index in [-0.39, 0.29) is 11.4 Å². The van der Waals surface area contributed by atoms with Crippen LogP contribution in [0.3, 0.4) is 0 Å². The number of para-hydroxylation sites is 2. The molecule has 136 valence electrons. The molecule has 0 bridgehead atoms. The lowest BCUT2D eigenvalue weighted by Gasteiger charge is -2.14. The first-order valence-corrected chi connectivity index (χ1v) is 7.86. The molecule has 0 aliphatic carbocycles. The zero-order valence-electron chi connectivity index (χ0n) is 13.7. The third-order valence-electron chi connectivity index (χ3n) is 3.19. The Morgan fingerprint density at radius 3 is 2.65 bits per heavy atom. The van der Waals surface area contributed by atoms with Gasteiger partial charge in [0.25, 0.3) is 11.6 Å². The molecule has 0 spiro atoms. The zero-order valence-corrected chi connectivity index (χ0v) is 14.4. The summed E-state index contributed by atoms with van der Waals surface area (Å²) in [4.78, 5) is 34.2. The van der Waals surface area contributed by atoms with Gasteiger partial charge < -0.3 is 14.8 Å².